The Morgan fingerprint density at radius 1 is 0.846 bits per heavy atom. The number of Topliss-reactive ketones (excluding diaryl/α,β-unsaturated/α-hetero) is 2. The van der Waals surface area contributed by atoms with Gasteiger partial charge in [0.15, 0.2) is 11.6 Å². The van der Waals surface area contributed by atoms with Crippen LogP contribution in [0.25, 0.3) is 0 Å². The predicted octanol–water partition coefficient (Wildman–Crippen LogP) is 1.16. The number of benzene rings is 1. The van der Waals surface area contributed by atoms with Crippen LogP contribution in [0.1, 0.15) is 20.7 Å². The van der Waals surface area contributed by atoms with Crippen molar-refractivity contribution >= 4 is 29.2 Å². The van der Waals surface area contributed by atoms with E-state index in [-0.39, 0.29) is 11.6 Å². The summed E-state index contributed by atoms with van der Waals surface area (Å²) in [5.74, 6) is -1.07. The van der Waals surface area contributed by atoms with E-state index in [4.69, 9.17) is 0 Å². The fourth-order valence-electron chi connectivity index (χ4n) is 3.37. The normalized spacial score (nSPS) is 20.7. The van der Waals surface area contributed by atoms with Crippen molar-refractivity contribution in [3.63, 3.8) is 0 Å². The average molecular weight is 355 g/mol. The number of ketones is 2. The van der Waals surface area contributed by atoms with Gasteiger partial charge >= 0.3 is 0 Å². The zero-order valence-electron chi connectivity index (χ0n) is 15.1. The van der Waals surface area contributed by atoms with Crippen LogP contribution >= 0.6 is 0 Å². The number of aliphatic imine (C=N–C) groups is 1. The summed E-state index contributed by atoms with van der Waals surface area (Å²) in [6.45, 7) is 2.86. The molecule has 0 spiro atoms. The number of rotatable bonds is 8. The Kier molecular flexibility index (Phi) is 5.80. The summed E-state index contributed by atoms with van der Waals surface area (Å²) in [6.07, 6.45) is 4.92. The Hall–Kier alpha value is -2.51. The highest BCUT2D eigenvalue weighted by atomic mass is 16.1. The van der Waals surface area contributed by atoms with E-state index in [0.29, 0.717) is 35.6 Å². The zero-order valence-corrected chi connectivity index (χ0v) is 15.1. The molecular formula is C19H25N5O2. The summed E-state index contributed by atoms with van der Waals surface area (Å²) in [5.41, 5.74) is 2.38. The molecule has 4 N–H and O–H groups in total. The van der Waals surface area contributed by atoms with Crippen LogP contribution in [-0.4, -0.2) is 58.1 Å². The van der Waals surface area contributed by atoms with Gasteiger partial charge in [0.1, 0.15) is 0 Å². The molecule has 0 amide bonds. The lowest BCUT2D eigenvalue weighted by atomic mass is 9.72. The van der Waals surface area contributed by atoms with Crippen LogP contribution in [0.4, 0.5) is 11.4 Å². The number of nitrogens with one attached hydrogen (secondary N) is 4. The van der Waals surface area contributed by atoms with Crippen LogP contribution in [-0.2, 0) is 0 Å². The molecule has 0 bridgehead atoms. The number of allylic oxidation sites excluding steroid dienone is 1. The number of nitrogens with zero attached hydrogens (tertiary/aromatic N) is 1. The molecule has 7 heteroatoms. The molecule has 2 aliphatic rings. The molecule has 0 radical (unpaired) electrons. The van der Waals surface area contributed by atoms with Crippen molar-refractivity contribution in [2.24, 2.45) is 16.8 Å². The first kappa shape index (κ1) is 18.3. The van der Waals surface area contributed by atoms with Gasteiger partial charge in [0, 0.05) is 50.0 Å². The smallest absolute Gasteiger partial charge is 0.175 e. The Bertz CT molecular complexity index is 694. The first-order valence-electron chi connectivity index (χ1n) is 8.91. The Balaban J connectivity index is 2.03. The van der Waals surface area contributed by atoms with Gasteiger partial charge in [-0.05, 0) is 26.2 Å². The Morgan fingerprint density at radius 3 is 1.92 bits per heavy atom. The van der Waals surface area contributed by atoms with Crippen molar-refractivity contribution in [2.75, 3.05) is 50.9 Å². The lowest BCUT2D eigenvalue weighted by Crippen LogP contribution is -2.39. The minimum absolute atomic E-state index is 0.0313. The molecule has 7 nitrogen and oxygen atoms in total. The Morgan fingerprint density at radius 2 is 1.38 bits per heavy atom. The molecule has 3 rings (SSSR count). The van der Waals surface area contributed by atoms with Crippen LogP contribution < -0.4 is 21.3 Å². The molecule has 2 unspecified atom stereocenters. The minimum atomic E-state index is -0.516. The monoisotopic (exact) mass is 355 g/mol. The van der Waals surface area contributed by atoms with Crippen molar-refractivity contribution in [1.29, 1.82) is 0 Å². The van der Waals surface area contributed by atoms with Crippen molar-refractivity contribution in [3.05, 3.63) is 35.5 Å². The predicted molar refractivity (Wildman–Crippen MR) is 105 cm³/mol. The van der Waals surface area contributed by atoms with Crippen LogP contribution in [0.2, 0.25) is 0 Å². The van der Waals surface area contributed by atoms with Crippen molar-refractivity contribution in [3.8, 4) is 0 Å². The highest BCUT2D eigenvalue weighted by Gasteiger charge is 2.42. The number of hydrogen-bond donors (Lipinski definition) is 4. The SMILES string of the molecule is CNCCNc1ccc(NCCNC)c2c1C(=O)C1C=CN=CC1C2=O. The van der Waals surface area contributed by atoms with E-state index in [2.05, 4.69) is 26.3 Å². The van der Waals surface area contributed by atoms with Crippen LogP contribution in [0.3, 0.4) is 0 Å². The number of carbonyl (C=O) groups is 2. The number of carbonyl (C=O) groups excluding carboxylic acids is 2. The average Bonchev–Trinajstić information content (AvgIpc) is 2.67. The molecule has 1 aliphatic carbocycles. The lowest BCUT2D eigenvalue weighted by Gasteiger charge is -2.31. The zero-order chi connectivity index (χ0) is 18.5. The van der Waals surface area contributed by atoms with Crippen LogP contribution in [0.5, 0.6) is 0 Å². The molecule has 1 aliphatic heterocycles. The first-order valence-corrected chi connectivity index (χ1v) is 8.91. The standard InChI is InChI=1S/C19H25N5O2/c1-20-7-9-23-14-3-4-15(24-10-8-21-2)17-16(14)18(25)12-5-6-22-11-13(12)19(17)26/h3-6,11-13,20-21,23-24H,7-10H2,1-2H3. The Labute approximate surface area is 153 Å². The third-order valence-corrected chi connectivity index (χ3v) is 4.70. The van der Waals surface area contributed by atoms with E-state index in [1.807, 2.05) is 26.2 Å². The quantitative estimate of drug-likeness (QED) is 0.523. The fourth-order valence-corrected chi connectivity index (χ4v) is 3.37. The molecule has 1 aromatic rings. The second-order valence-electron chi connectivity index (χ2n) is 6.39. The van der Waals surface area contributed by atoms with Gasteiger partial charge in [-0.1, -0.05) is 6.08 Å². The van der Waals surface area contributed by atoms with Gasteiger partial charge < -0.3 is 21.3 Å². The molecule has 0 fully saturated rings. The van der Waals surface area contributed by atoms with Crippen LogP contribution in [0.15, 0.2) is 29.4 Å². The molecule has 1 heterocycles. The van der Waals surface area contributed by atoms with E-state index in [9.17, 15) is 9.59 Å². The van der Waals surface area contributed by atoms with Gasteiger partial charge in [0.05, 0.1) is 23.0 Å². The molecule has 0 saturated heterocycles. The first-order chi connectivity index (χ1) is 12.7. The van der Waals surface area contributed by atoms with E-state index >= 15 is 0 Å². The van der Waals surface area contributed by atoms with Crippen molar-refractivity contribution < 1.29 is 9.59 Å². The molecular weight excluding hydrogens is 330 g/mol. The summed E-state index contributed by atoms with van der Waals surface area (Å²) in [6, 6.07) is 3.75. The summed E-state index contributed by atoms with van der Waals surface area (Å²) in [4.78, 5) is 30.4. The molecule has 138 valence electrons. The maximum Gasteiger partial charge on any atom is 0.175 e. The van der Waals surface area contributed by atoms with Gasteiger partial charge in [-0.2, -0.15) is 0 Å². The topological polar surface area (TPSA) is 94.6 Å². The highest BCUT2D eigenvalue weighted by molar-refractivity contribution is 6.25. The number of fused-ring (bicyclic) bond motifs is 2. The summed E-state index contributed by atoms with van der Waals surface area (Å²) >= 11 is 0. The third kappa shape index (κ3) is 3.40. The fraction of sp³-hybridized carbons (Fsp3) is 0.421. The second kappa shape index (κ2) is 8.25. The van der Waals surface area contributed by atoms with Gasteiger partial charge in [0.2, 0.25) is 0 Å². The molecule has 2 atom stereocenters. The number of anilines is 2. The van der Waals surface area contributed by atoms with Gasteiger partial charge in [-0.25, -0.2) is 0 Å². The van der Waals surface area contributed by atoms with Crippen molar-refractivity contribution in [2.45, 2.75) is 0 Å². The summed E-state index contributed by atoms with van der Waals surface area (Å²) < 4.78 is 0. The molecule has 26 heavy (non-hydrogen) atoms. The third-order valence-electron chi connectivity index (χ3n) is 4.70. The van der Waals surface area contributed by atoms with E-state index in [0.717, 1.165) is 13.1 Å². The lowest BCUT2D eigenvalue weighted by molar-refractivity contribution is 0.0817. The van der Waals surface area contributed by atoms with E-state index in [1.54, 1.807) is 18.5 Å². The van der Waals surface area contributed by atoms with Crippen LogP contribution in [0, 0.1) is 11.8 Å². The van der Waals surface area contributed by atoms with Crippen molar-refractivity contribution in [1.82, 2.24) is 10.6 Å². The van der Waals surface area contributed by atoms with Gasteiger partial charge in [-0.3, -0.25) is 14.6 Å². The van der Waals surface area contributed by atoms with Gasteiger partial charge in [0.25, 0.3) is 0 Å². The largest absolute Gasteiger partial charge is 0.383 e. The minimum Gasteiger partial charge on any atom is -0.383 e. The maximum atomic E-state index is 13.2. The summed E-state index contributed by atoms with van der Waals surface area (Å²) in [7, 11) is 3.74. The summed E-state index contributed by atoms with van der Waals surface area (Å²) in [5, 5.41) is 12.7. The van der Waals surface area contributed by atoms with E-state index in [1.165, 1.54) is 0 Å². The number of likely N-dealkylation sites (N-methyl/N-ethyl adjacent to an activating group) is 2. The molecule has 0 saturated carbocycles. The molecule has 0 aromatic heterocycles. The highest BCUT2D eigenvalue weighted by Crippen LogP contribution is 2.39. The van der Waals surface area contributed by atoms with Gasteiger partial charge in [-0.15, -0.1) is 0 Å². The second-order valence-corrected chi connectivity index (χ2v) is 6.39. The molecule has 1 aromatic carbocycles. The van der Waals surface area contributed by atoms with E-state index < -0.39 is 11.8 Å². The maximum absolute atomic E-state index is 13.2. The number of hydrogen-bond acceptors (Lipinski definition) is 7.